The van der Waals surface area contributed by atoms with Crippen LogP contribution in [0.15, 0.2) is 11.5 Å². The Morgan fingerprint density at radius 2 is 2.50 bits per heavy atom. The van der Waals surface area contributed by atoms with Gasteiger partial charge in [-0.3, -0.25) is 0 Å². The van der Waals surface area contributed by atoms with Crippen molar-refractivity contribution in [2.45, 2.75) is 26.3 Å². The van der Waals surface area contributed by atoms with Gasteiger partial charge in [0.15, 0.2) is 0 Å². The van der Waals surface area contributed by atoms with Crippen molar-refractivity contribution >= 4 is 17.4 Å². The maximum absolute atomic E-state index is 5.57. The number of hydrogen-bond donors (Lipinski definition) is 1. The molecule has 0 saturated carbocycles. The molecule has 0 spiro atoms. The van der Waals surface area contributed by atoms with Crippen LogP contribution in [0, 0.1) is 0 Å². The molecular formula is C9H14N2S. The van der Waals surface area contributed by atoms with Gasteiger partial charge in [0.2, 0.25) is 0 Å². The smallest absolute Gasteiger partial charge is 0.0929 e. The summed E-state index contributed by atoms with van der Waals surface area (Å²) in [5, 5.41) is 3.23. The summed E-state index contributed by atoms with van der Waals surface area (Å²) < 4.78 is 0. The molecule has 0 bridgehead atoms. The fraction of sp³-hybridized carbons (Fsp3) is 0.444. The van der Waals surface area contributed by atoms with E-state index < -0.39 is 0 Å². The third kappa shape index (κ3) is 2.75. The van der Waals surface area contributed by atoms with Crippen LogP contribution in [0.3, 0.4) is 0 Å². The topological polar surface area (TPSA) is 38.9 Å². The van der Waals surface area contributed by atoms with Crippen LogP contribution in [0.4, 0.5) is 0 Å². The summed E-state index contributed by atoms with van der Waals surface area (Å²) in [6.07, 6.45) is 4.94. The lowest BCUT2D eigenvalue weighted by Crippen LogP contribution is -2.09. The van der Waals surface area contributed by atoms with Crippen molar-refractivity contribution in [1.82, 2.24) is 4.98 Å². The first kappa shape index (κ1) is 9.42. The molecule has 0 aliphatic heterocycles. The normalized spacial score (nSPS) is 13.9. The fourth-order valence-electron chi connectivity index (χ4n) is 0.814. The first-order valence-corrected chi connectivity index (χ1v) is 4.98. The predicted molar refractivity (Wildman–Crippen MR) is 54.2 cm³/mol. The molecule has 0 aliphatic rings. The number of hydrogen-bond acceptors (Lipinski definition) is 3. The SMILES string of the molecule is CCc1nc(/C=C/C(C)N)cs1. The molecule has 2 N–H and O–H groups in total. The molecule has 1 aromatic rings. The second-order valence-electron chi connectivity index (χ2n) is 2.74. The average Bonchev–Trinajstić information content (AvgIpc) is 2.48. The van der Waals surface area contributed by atoms with Crippen LogP contribution in [0.25, 0.3) is 6.08 Å². The first-order valence-electron chi connectivity index (χ1n) is 4.10. The maximum atomic E-state index is 5.57. The van der Waals surface area contributed by atoms with E-state index in [0.717, 1.165) is 12.1 Å². The van der Waals surface area contributed by atoms with Gasteiger partial charge < -0.3 is 5.73 Å². The van der Waals surface area contributed by atoms with E-state index in [-0.39, 0.29) is 6.04 Å². The van der Waals surface area contributed by atoms with Crippen LogP contribution in [0.5, 0.6) is 0 Å². The van der Waals surface area contributed by atoms with Crippen LogP contribution in [-0.4, -0.2) is 11.0 Å². The van der Waals surface area contributed by atoms with Crippen LogP contribution >= 0.6 is 11.3 Å². The molecule has 1 heterocycles. The van der Waals surface area contributed by atoms with E-state index in [2.05, 4.69) is 17.3 Å². The Kier molecular flexibility index (Phi) is 3.44. The molecule has 0 amide bonds. The van der Waals surface area contributed by atoms with Gasteiger partial charge in [-0.05, 0) is 19.4 Å². The van der Waals surface area contributed by atoms with Crippen molar-refractivity contribution in [3.05, 3.63) is 22.2 Å². The van der Waals surface area contributed by atoms with Crippen molar-refractivity contribution in [3.8, 4) is 0 Å². The summed E-state index contributed by atoms with van der Waals surface area (Å²) in [5.41, 5.74) is 6.59. The molecule has 1 rings (SSSR count). The van der Waals surface area contributed by atoms with E-state index in [9.17, 15) is 0 Å². The van der Waals surface area contributed by atoms with Crippen molar-refractivity contribution in [2.75, 3.05) is 0 Å². The van der Waals surface area contributed by atoms with Crippen LogP contribution in [0.1, 0.15) is 24.5 Å². The van der Waals surface area contributed by atoms with E-state index >= 15 is 0 Å². The summed E-state index contributed by atoms with van der Waals surface area (Å²) in [6, 6.07) is 0.108. The van der Waals surface area contributed by atoms with Crippen molar-refractivity contribution < 1.29 is 0 Å². The Bertz CT molecular complexity index is 263. The zero-order valence-electron chi connectivity index (χ0n) is 7.45. The molecule has 0 fully saturated rings. The number of aromatic nitrogens is 1. The van der Waals surface area contributed by atoms with E-state index in [0.29, 0.717) is 0 Å². The highest BCUT2D eigenvalue weighted by atomic mass is 32.1. The zero-order valence-corrected chi connectivity index (χ0v) is 8.27. The first-order chi connectivity index (χ1) is 5.72. The molecule has 2 nitrogen and oxygen atoms in total. The highest BCUT2D eigenvalue weighted by molar-refractivity contribution is 7.09. The van der Waals surface area contributed by atoms with Gasteiger partial charge in [-0.2, -0.15) is 0 Å². The molecule has 0 saturated heterocycles. The van der Waals surface area contributed by atoms with E-state index in [1.54, 1.807) is 11.3 Å². The van der Waals surface area contributed by atoms with E-state index in [1.807, 2.05) is 19.1 Å². The second kappa shape index (κ2) is 4.38. The van der Waals surface area contributed by atoms with E-state index in [1.165, 1.54) is 5.01 Å². The molecule has 66 valence electrons. The molecule has 1 atom stereocenters. The van der Waals surface area contributed by atoms with Gasteiger partial charge in [0.25, 0.3) is 0 Å². The van der Waals surface area contributed by atoms with Gasteiger partial charge in [-0.15, -0.1) is 11.3 Å². The second-order valence-corrected chi connectivity index (χ2v) is 3.68. The van der Waals surface area contributed by atoms with Crippen molar-refractivity contribution in [1.29, 1.82) is 0 Å². The fourth-order valence-corrected chi connectivity index (χ4v) is 1.53. The molecule has 12 heavy (non-hydrogen) atoms. The molecule has 0 aromatic carbocycles. The summed E-state index contributed by atoms with van der Waals surface area (Å²) in [5.74, 6) is 0. The zero-order chi connectivity index (χ0) is 8.97. The summed E-state index contributed by atoms with van der Waals surface area (Å²) in [6.45, 7) is 4.06. The highest BCUT2D eigenvalue weighted by Gasteiger charge is 1.95. The Labute approximate surface area is 77.1 Å². The molecule has 0 aliphatic carbocycles. The largest absolute Gasteiger partial charge is 0.325 e. The minimum absolute atomic E-state index is 0.108. The molecule has 1 aromatic heterocycles. The Hall–Kier alpha value is -0.670. The maximum Gasteiger partial charge on any atom is 0.0929 e. The van der Waals surface area contributed by atoms with Crippen molar-refractivity contribution in [3.63, 3.8) is 0 Å². The van der Waals surface area contributed by atoms with Gasteiger partial charge in [0.1, 0.15) is 0 Å². The van der Waals surface area contributed by atoms with Gasteiger partial charge in [0, 0.05) is 11.4 Å². The van der Waals surface area contributed by atoms with Crippen LogP contribution < -0.4 is 5.73 Å². The minimum Gasteiger partial charge on any atom is -0.325 e. The molecule has 3 heteroatoms. The quantitative estimate of drug-likeness (QED) is 0.777. The van der Waals surface area contributed by atoms with Crippen LogP contribution in [0.2, 0.25) is 0 Å². The minimum atomic E-state index is 0.108. The lowest BCUT2D eigenvalue weighted by Gasteiger charge is -1.91. The number of aryl methyl sites for hydroxylation is 1. The predicted octanol–water partition coefficient (Wildman–Crippen LogP) is 2.07. The summed E-state index contributed by atoms with van der Waals surface area (Å²) in [4.78, 5) is 4.38. The lowest BCUT2D eigenvalue weighted by molar-refractivity contribution is 0.930. The Morgan fingerprint density at radius 3 is 3.00 bits per heavy atom. The van der Waals surface area contributed by atoms with Gasteiger partial charge >= 0.3 is 0 Å². The standard InChI is InChI=1S/C9H14N2S/c1-3-9-11-8(6-12-9)5-4-7(2)10/h4-7H,3,10H2,1-2H3/b5-4+. The molecule has 1 unspecified atom stereocenters. The molecular weight excluding hydrogens is 168 g/mol. The van der Waals surface area contributed by atoms with E-state index in [4.69, 9.17) is 5.73 Å². The Balaban J connectivity index is 2.63. The summed E-state index contributed by atoms with van der Waals surface area (Å²) >= 11 is 1.70. The number of rotatable bonds is 3. The lowest BCUT2D eigenvalue weighted by atomic mass is 10.3. The number of thiazole rings is 1. The third-order valence-corrected chi connectivity index (χ3v) is 2.45. The number of nitrogens with two attached hydrogens (primary N) is 1. The average molecular weight is 182 g/mol. The monoisotopic (exact) mass is 182 g/mol. The van der Waals surface area contributed by atoms with Gasteiger partial charge in [-0.1, -0.05) is 13.0 Å². The van der Waals surface area contributed by atoms with Crippen molar-refractivity contribution in [2.24, 2.45) is 5.73 Å². The third-order valence-electron chi connectivity index (χ3n) is 1.44. The number of nitrogens with zero attached hydrogens (tertiary/aromatic N) is 1. The Morgan fingerprint density at radius 1 is 1.75 bits per heavy atom. The molecule has 0 radical (unpaired) electrons. The highest BCUT2D eigenvalue weighted by Crippen LogP contribution is 2.11. The van der Waals surface area contributed by atoms with Crippen LogP contribution in [-0.2, 0) is 6.42 Å². The summed E-state index contributed by atoms with van der Waals surface area (Å²) in [7, 11) is 0. The van der Waals surface area contributed by atoms with Gasteiger partial charge in [-0.25, -0.2) is 4.98 Å². The van der Waals surface area contributed by atoms with Gasteiger partial charge in [0.05, 0.1) is 10.7 Å².